The summed E-state index contributed by atoms with van der Waals surface area (Å²) in [5.74, 6) is 0.606. The summed E-state index contributed by atoms with van der Waals surface area (Å²) in [6, 6.07) is 15.2. The van der Waals surface area contributed by atoms with Gasteiger partial charge in [-0.3, -0.25) is 0 Å². The summed E-state index contributed by atoms with van der Waals surface area (Å²) in [4.78, 5) is 2.28. The molecule has 0 saturated heterocycles. The van der Waals surface area contributed by atoms with E-state index in [9.17, 15) is 9.50 Å². The van der Waals surface area contributed by atoms with Crippen molar-refractivity contribution in [2.75, 3.05) is 26.7 Å². The lowest BCUT2D eigenvalue weighted by molar-refractivity contribution is 0.0558. The average Bonchev–Trinajstić information content (AvgIpc) is 2.76. The van der Waals surface area contributed by atoms with Crippen molar-refractivity contribution in [3.63, 3.8) is 0 Å². The smallest absolute Gasteiger partial charge is 0.123 e. The van der Waals surface area contributed by atoms with Crippen molar-refractivity contribution in [2.24, 2.45) is 0 Å². The second-order valence-corrected chi connectivity index (χ2v) is 8.36. The van der Waals surface area contributed by atoms with Gasteiger partial charge in [0.1, 0.15) is 24.3 Å². The number of nitrogens with zero attached hydrogens (tertiary/aromatic N) is 1. The van der Waals surface area contributed by atoms with Gasteiger partial charge in [0.25, 0.3) is 0 Å². The number of rotatable bonds is 11. The van der Waals surface area contributed by atoms with Crippen LogP contribution in [0.4, 0.5) is 4.39 Å². The molecule has 0 aliphatic heterocycles. The lowest BCUT2D eigenvalue weighted by Gasteiger charge is -2.32. The third-order valence-corrected chi connectivity index (χ3v) is 5.90. The predicted octanol–water partition coefficient (Wildman–Crippen LogP) is 4.16. The van der Waals surface area contributed by atoms with Crippen LogP contribution in [0.15, 0.2) is 48.5 Å². The minimum Gasteiger partial charge on any atom is -0.491 e. The molecule has 0 heterocycles. The highest BCUT2D eigenvalue weighted by Gasteiger charge is 2.20. The van der Waals surface area contributed by atoms with E-state index >= 15 is 0 Å². The van der Waals surface area contributed by atoms with Gasteiger partial charge in [-0.2, -0.15) is 0 Å². The third kappa shape index (κ3) is 7.38. The lowest BCUT2D eigenvalue weighted by Crippen LogP contribution is -2.40. The normalized spacial score (nSPS) is 16.0. The fraction of sp³-hybridized carbons (Fsp3) is 0.520. The molecule has 2 aromatic rings. The zero-order valence-electron chi connectivity index (χ0n) is 18.0. The molecule has 1 aliphatic carbocycles. The maximum atomic E-state index is 13.3. The Kier molecular flexibility index (Phi) is 9.12. The standard InChI is InChI=1S/C25H35FN2O2/c1-28(23-11-3-2-4-12-23)18-24(29)19-30-25-13-6-5-9-21(25)17-27-15-14-20-8-7-10-22(26)16-20/h5-10,13,16,23-24,27,29H,2-4,11-12,14-15,17-19H2,1H3. The van der Waals surface area contributed by atoms with Crippen molar-refractivity contribution < 1.29 is 14.2 Å². The molecule has 1 saturated carbocycles. The zero-order valence-corrected chi connectivity index (χ0v) is 18.0. The number of nitrogens with one attached hydrogen (secondary N) is 1. The van der Waals surface area contributed by atoms with Crippen LogP contribution in [0.1, 0.15) is 43.2 Å². The second kappa shape index (κ2) is 12.0. The molecular formula is C25H35FN2O2. The van der Waals surface area contributed by atoms with Crippen LogP contribution in [0.5, 0.6) is 5.75 Å². The largest absolute Gasteiger partial charge is 0.491 e. The van der Waals surface area contributed by atoms with Crippen LogP contribution in [0.25, 0.3) is 0 Å². The van der Waals surface area contributed by atoms with Crippen LogP contribution in [0, 0.1) is 5.82 Å². The average molecular weight is 415 g/mol. The van der Waals surface area contributed by atoms with E-state index in [1.165, 1.54) is 38.2 Å². The van der Waals surface area contributed by atoms with Gasteiger partial charge in [-0.25, -0.2) is 4.39 Å². The number of halogens is 1. The van der Waals surface area contributed by atoms with Crippen molar-refractivity contribution in [3.05, 3.63) is 65.5 Å². The molecule has 0 aromatic heterocycles. The van der Waals surface area contributed by atoms with E-state index in [0.29, 0.717) is 19.1 Å². The Morgan fingerprint density at radius 2 is 1.93 bits per heavy atom. The summed E-state index contributed by atoms with van der Waals surface area (Å²) in [7, 11) is 2.11. The molecule has 2 N–H and O–H groups in total. The summed E-state index contributed by atoms with van der Waals surface area (Å²) in [5, 5.41) is 13.9. The molecule has 1 unspecified atom stereocenters. The molecule has 30 heavy (non-hydrogen) atoms. The van der Waals surface area contributed by atoms with Gasteiger partial charge in [0, 0.05) is 24.7 Å². The highest BCUT2D eigenvalue weighted by Crippen LogP contribution is 2.22. The summed E-state index contributed by atoms with van der Waals surface area (Å²) < 4.78 is 19.2. The van der Waals surface area contributed by atoms with Gasteiger partial charge >= 0.3 is 0 Å². The number of aliphatic hydroxyl groups is 1. The van der Waals surface area contributed by atoms with Gasteiger partial charge in [0.05, 0.1) is 0 Å². The molecule has 4 nitrogen and oxygen atoms in total. The summed E-state index contributed by atoms with van der Waals surface area (Å²) in [6.07, 6.45) is 6.65. The van der Waals surface area contributed by atoms with Crippen LogP contribution in [0.3, 0.4) is 0 Å². The third-order valence-electron chi connectivity index (χ3n) is 5.90. The number of ether oxygens (including phenoxy) is 1. The summed E-state index contributed by atoms with van der Waals surface area (Å²) in [5.41, 5.74) is 2.04. The van der Waals surface area contributed by atoms with Crippen LogP contribution >= 0.6 is 0 Å². The minimum atomic E-state index is -0.508. The maximum Gasteiger partial charge on any atom is 0.123 e. The summed E-state index contributed by atoms with van der Waals surface area (Å²) >= 11 is 0. The Morgan fingerprint density at radius 1 is 1.13 bits per heavy atom. The fourth-order valence-electron chi connectivity index (χ4n) is 4.18. The van der Waals surface area contributed by atoms with E-state index in [2.05, 4.69) is 17.3 Å². The summed E-state index contributed by atoms with van der Waals surface area (Å²) in [6.45, 7) is 2.35. The van der Waals surface area contributed by atoms with E-state index in [1.807, 2.05) is 30.3 Å². The highest BCUT2D eigenvalue weighted by atomic mass is 19.1. The number of benzene rings is 2. The first-order valence-corrected chi connectivity index (χ1v) is 11.2. The Labute approximate surface area is 180 Å². The van der Waals surface area contributed by atoms with E-state index in [-0.39, 0.29) is 12.4 Å². The number of likely N-dealkylation sites (N-methyl/N-ethyl adjacent to an activating group) is 1. The van der Waals surface area contributed by atoms with E-state index in [1.54, 1.807) is 12.1 Å². The zero-order chi connectivity index (χ0) is 21.2. The molecule has 2 aromatic carbocycles. The second-order valence-electron chi connectivity index (χ2n) is 8.36. The van der Waals surface area contributed by atoms with Gasteiger partial charge in [-0.05, 0) is 56.6 Å². The van der Waals surface area contributed by atoms with Crippen LogP contribution in [-0.4, -0.2) is 48.9 Å². The topological polar surface area (TPSA) is 44.7 Å². The number of para-hydroxylation sites is 1. The maximum absolute atomic E-state index is 13.3. The highest BCUT2D eigenvalue weighted by molar-refractivity contribution is 5.33. The van der Waals surface area contributed by atoms with Crippen molar-refractivity contribution in [2.45, 2.75) is 57.2 Å². The van der Waals surface area contributed by atoms with Gasteiger partial charge in [0.15, 0.2) is 0 Å². The quantitative estimate of drug-likeness (QED) is 0.542. The molecule has 3 rings (SSSR count). The molecule has 1 fully saturated rings. The molecule has 164 valence electrons. The minimum absolute atomic E-state index is 0.195. The van der Waals surface area contributed by atoms with E-state index in [0.717, 1.165) is 29.8 Å². The van der Waals surface area contributed by atoms with Gasteiger partial charge in [-0.1, -0.05) is 49.6 Å². The number of hydrogen-bond acceptors (Lipinski definition) is 4. The first kappa shape index (κ1) is 22.7. The molecule has 0 bridgehead atoms. The van der Waals surface area contributed by atoms with Gasteiger partial charge in [-0.15, -0.1) is 0 Å². The van der Waals surface area contributed by atoms with Crippen LogP contribution in [-0.2, 0) is 13.0 Å². The van der Waals surface area contributed by atoms with Crippen molar-refractivity contribution in [3.8, 4) is 5.75 Å². The molecule has 1 atom stereocenters. The van der Waals surface area contributed by atoms with Crippen molar-refractivity contribution in [1.82, 2.24) is 10.2 Å². The van der Waals surface area contributed by atoms with Gasteiger partial charge in [0.2, 0.25) is 0 Å². The Morgan fingerprint density at radius 3 is 2.73 bits per heavy atom. The SMILES string of the molecule is CN(CC(O)COc1ccccc1CNCCc1cccc(F)c1)C1CCCCC1. The Balaban J connectivity index is 1.41. The monoisotopic (exact) mass is 414 g/mol. The molecule has 0 amide bonds. The molecule has 0 spiro atoms. The Hall–Kier alpha value is -1.95. The van der Waals surface area contributed by atoms with E-state index < -0.39 is 6.10 Å². The van der Waals surface area contributed by atoms with E-state index in [4.69, 9.17) is 4.74 Å². The van der Waals surface area contributed by atoms with Crippen LogP contribution in [0.2, 0.25) is 0 Å². The lowest BCUT2D eigenvalue weighted by atomic mass is 9.94. The number of aliphatic hydroxyl groups excluding tert-OH is 1. The fourth-order valence-corrected chi connectivity index (χ4v) is 4.18. The van der Waals surface area contributed by atoms with Crippen molar-refractivity contribution >= 4 is 0 Å². The Bertz CT molecular complexity index is 764. The van der Waals surface area contributed by atoms with Crippen LogP contribution < -0.4 is 10.1 Å². The van der Waals surface area contributed by atoms with Gasteiger partial charge < -0.3 is 20.1 Å². The van der Waals surface area contributed by atoms with Crippen molar-refractivity contribution in [1.29, 1.82) is 0 Å². The molecular weight excluding hydrogens is 379 g/mol. The first-order chi connectivity index (χ1) is 14.6. The molecule has 0 radical (unpaired) electrons. The molecule has 1 aliphatic rings. The predicted molar refractivity (Wildman–Crippen MR) is 119 cm³/mol. The molecule has 5 heteroatoms. The number of hydrogen-bond donors (Lipinski definition) is 2. The first-order valence-electron chi connectivity index (χ1n) is 11.2.